The van der Waals surface area contributed by atoms with Crippen molar-refractivity contribution in [2.24, 2.45) is 5.92 Å². The highest BCUT2D eigenvalue weighted by Gasteiger charge is 2.22. The number of hydrogen-bond donors (Lipinski definition) is 1. The summed E-state index contributed by atoms with van der Waals surface area (Å²) in [7, 11) is 0. The van der Waals surface area contributed by atoms with Crippen molar-refractivity contribution in [3.8, 4) is 0 Å². The highest BCUT2D eigenvalue weighted by atomic mass is 17.2. The minimum Gasteiger partial charge on any atom is -0.366 e. The molecular weight excluding hydrogens is 252 g/mol. The Morgan fingerprint density at radius 2 is 1.80 bits per heavy atom. The van der Waals surface area contributed by atoms with Crippen LogP contribution < -0.4 is 0 Å². The van der Waals surface area contributed by atoms with Gasteiger partial charge in [0.15, 0.2) is 6.29 Å². The van der Waals surface area contributed by atoms with Gasteiger partial charge in [0.2, 0.25) is 0 Å². The molecule has 2 atom stereocenters. The lowest BCUT2D eigenvalue weighted by molar-refractivity contribution is -0.406. The second kappa shape index (κ2) is 9.32. The van der Waals surface area contributed by atoms with Gasteiger partial charge in [-0.2, -0.15) is 0 Å². The summed E-state index contributed by atoms with van der Waals surface area (Å²) in [5, 5.41) is 9.77. The zero-order valence-corrected chi connectivity index (χ0v) is 14.0. The van der Waals surface area contributed by atoms with Crippen molar-refractivity contribution in [1.29, 1.82) is 0 Å². The molecule has 0 aromatic rings. The molecule has 0 aliphatic heterocycles. The molecule has 2 unspecified atom stereocenters. The summed E-state index contributed by atoms with van der Waals surface area (Å²) in [6.45, 7) is 15.9. The van der Waals surface area contributed by atoms with Gasteiger partial charge in [-0.25, -0.2) is 9.78 Å². The van der Waals surface area contributed by atoms with Crippen LogP contribution >= 0.6 is 0 Å². The Morgan fingerprint density at radius 1 is 1.20 bits per heavy atom. The molecule has 0 aliphatic rings. The average Bonchev–Trinajstić information content (AvgIpc) is 2.33. The van der Waals surface area contributed by atoms with Crippen LogP contribution in [0.2, 0.25) is 0 Å². The zero-order chi connectivity index (χ0) is 15.8. The Balaban J connectivity index is 3.85. The van der Waals surface area contributed by atoms with Gasteiger partial charge in [0, 0.05) is 6.42 Å². The van der Waals surface area contributed by atoms with Crippen LogP contribution in [-0.2, 0) is 9.78 Å². The number of aliphatic hydroxyl groups excluding tert-OH is 1. The number of allylic oxidation sites excluding steroid dienone is 2. The largest absolute Gasteiger partial charge is 0.366 e. The standard InChI is InChI=1S/C17H32O3/c1-13(2)9-8-10-15(5)11-12-16(18)19-20-17(6,7)14(3)4/h9,15-16,18H,3,8,10-12H2,1-2,4-7H3. The molecule has 20 heavy (non-hydrogen) atoms. The smallest absolute Gasteiger partial charge is 0.188 e. The zero-order valence-electron chi connectivity index (χ0n) is 14.0. The predicted molar refractivity (Wildman–Crippen MR) is 84.1 cm³/mol. The van der Waals surface area contributed by atoms with Gasteiger partial charge in [-0.05, 0) is 65.4 Å². The third-order valence-corrected chi connectivity index (χ3v) is 3.51. The fourth-order valence-corrected chi connectivity index (χ4v) is 1.52. The van der Waals surface area contributed by atoms with Crippen molar-refractivity contribution in [2.45, 2.75) is 79.1 Å². The molecule has 0 fully saturated rings. The van der Waals surface area contributed by atoms with Gasteiger partial charge < -0.3 is 5.11 Å². The first-order valence-electron chi connectivity index (χ1n) is 7.47. The Hall–Kier alpha value is -0.640. The van der Waals surface area contributed by atoms with Crippen LogP contribution in [0.3, 0.4) is 0 Å². The van der Waals surface area contributed by atoms with Gasteiger partial charge in [-0.3, -0.25) is 0 Å². The van der Waals surface area contributed by atoms with E-state index in [9.17, 15) is 5.11 Å². The minimum absolute atomic E-state index is 0.568. The lowest BCUT2D eigenvalue weighted by Gasteiger charge is -2.25. The molecule has 0 aliphatic carbocycles. The topological polar surface area (TPSA) is 38.7 Å². The lowest BCUT2D eigenvalue weighted by atomic mass is 9.99. The third-order valence-electron chi connectivity index (χ3n) is 3.51. The minimum atomic E-state index is -0.875. The van der Waals surface area contributed by atoms with Crippen molar-refractivity contribution < 1.29 is 14.9 Å². The van der Waals surface area contributed by atoms with Crippen LogP contribution in [0, 0.1) is 5.92 Å². The normalized spacial score (nSPS) is 14.8. The SMILES string of the molecule is C=C(C)C(C)(C)OOC(O)CCC(C)CCC=C(C)C. The van der Waals surface area contributed by atoms with Crippen LogP contribution in [0.1, 0.15) is 67.2 Å². The number of aliphatic hydroxyl groups is 1. The molecule has 0 rings (SSSR count). The van der Waals surface area contributed by atoms with Crippen LogP contribution in [0.15, 0.2) is 23.8 Å². The summed E-state index contributed by atoms with van der Waals surface area (Å²) < 4.78 is 0. The predicted octanol–water partition coefficient (Wildman–Crippen LogP) is 4.77. The number of hydrogen-bond acceptors (Lipinski definition) is 3. The van der Waals surface area contributed by atoms with Gasteiger partial charge in [0.05, 0.1) is 0 Å². The fourth-order valence-electron chi connectivity index (χ4n) is 1.52. The van der Waals surface area contributed by atoms with E-state index in [4.69, 9.17) is 9.78 Å². The molecular formula is C17H32O3. The second-order valence-electron chi connectivity index (χ2n) is 6.47. The van der Waals surface area contributed by atoms with Gasteiger partial charge in [0.1, 0.15) is 5.60 Å². The van der Waals surface area contributed by atoms with Crippen molar-refractivity contribution >= 4 is 0 Å². The van der Waals surface area contributed by atoms with E-state index in [2.05, 4.69) is 33.4 Å². The van der Waals surface area contributed by atoms with Crippen LogP contribution in [0.4, 0.5) is 0 Å². The van der Waals surface area contributed by atoms with Gasteiger partial charge >= 0.3 is 0 Å². The van der Waals surface area contributed by atoms with Crippen molar-refractivity contribution in [3.05, 3.63) is 23.8 Å². The molecule has 0 saturated heterocycles. The summed E-state index contributed by atoms with van der Waals surface area (Å²) in [5.74, 6) is 0.568. The molecule has 0 saturated carbocycles. The van der Waals surface area contributed by atoms with Gasteiger partial charge in [-0.1, -0.05) is 25.2 Å². The highest BCUT2D eigenvalue weighted by Crippen LogP contribution is 2.21. The second-order valence-corrected chi connectivity index (χ2v) is 6.47. The lowest BCUT2D eigenvalue weighted by Crippen LogP contribution is -2.28. The van der Waals surface area contributed by atoms with Crippen molar-refractivity contribution in [3.63, 3.8) is 0 Å². The Morgan fingerprint density at radius 3 is 2.30 bits per heavy atom. The van der Waals surface area contributed by atoms with Crippen LogP contribution in [0.25, 0.3) is 0 Å². The molecule has 0 aromatic heterocycles. The molecule has 0 amide bonds. The summed E-state index contributed by atoms with van der Waals surface area (Å²) in [4.78, 5) is 10.3. The first-order valence-corrected chi connectivity index (χ1v) is 7.47. The monoisotopic (exact) mass is 284 g/mol. The molecule has 1 N–H and O–H groups in total. The molecule has 118 valence electrons. The number of rotatable bonds is 10. The van der Waals surface area contributed by atoms with E-state index in [0.717, 1.165) is 24.8 Å². The maximum atomic E-state index is 9.77. The van der Waals surface area contributed by atoms with E-state index in [1.54, 1.807) is 0 Å². The molecule has 0 heterocycles. The molecule has 0 aromatic carbocycles. The first-order chi connectivity index (χ1) is 9.15. The third kappa shape index (κ3) is 9.29. The average molecular weight is 284 g/mol. The van der Waals surface area contributed by atoms with E-state index in [-0.39, 0.29) is 0 Å². The molecule has 0 radical (unpaired) electrons. The molecule has 3 heteroatoms. The maximum absolute atomic E-state index is 9.77. The first kappa shape index (κ1) is 19.4. The molecule has 0 bridgehead atoms. The quantitative estimate of drug-likeness (QED) is 0.272. The van der Waals surface area contributed by atoms with E-state index in [1.807, 2.05) is 20.8 Å². The van der Waals surface area contributed by atoms with Crippen LogP contribution in [0.5, 0.6) is 0 Å². The summed E-state index contributed by atoms with van der Waals surface area (Å²) in [6, 6.07) is 0. The fraction of sp³-hybridized carbons (Fsp3) is 0.765. The molecule has 3 nitrogen and oxygen atoms in total. The van der Waals surface area contributed by atoms with Gasteiger partial charge in [-0.15, -0.1) is 0 Å². The molecule has 0 spiro atoms. The van der Waals surface area contributed by atoms with Crippen molar-refractivity contribution in [1.82, 2.24) is 0 Å². The van der Waals surface area contributed by atoms with Crippen molar-refractivity contribution in [2.75, 3.05) is 0 Å². The summed E-state index contributed by atoms with van der Waals surface area (Å²) in [6.07, 6.45) is 5.12. The van der Waals surface area contributed by atoms with Gasteiger partial charge in [0.25, 0.3) is 0 Å². The van der Waals surface area contributed by atoms with E-state index >= 15 is 0 Å². The van der Waals surface area contributed by atoms with Crippen LogP contribution in [-0.4, -0.2) is 17.0 Å². The Kier molecular flexibility index (Phi) is 9.03. The highest BCUT2D eigenvalue weighted by molar-refractivity contribution is 5.04. The maximum Gasteiger partial charge on any atom is 0.188 e. The Bertz CT molecular complexity index is 314. The van der Waals surface area contributed by atoms with E-state index < -0.39 is 11.9 Å². The van der Waals surface area contributed by atoms with E-state index in [1.165, 1.54) is 5.57 Å². The van der Waals surface area contributed by atoms with E-state index in [0.29, 0.717) is 12.3 Å². The summed E-state index contributed by atoms with van der Waals surface area (Å²) in [5.41, 5.74) is 1.64. The Labute approximate surface area is 124 Å². The summed E-state index contributed by atoms with van der Waals surface area (Å²) >= 11 is 0.